The summed E-state index contributed by atoms with van der Waals surface area (Å²) in [5.74, 6) is 6.56. The number of thioether (sulfide) groups is 1. The highest BCUT2D eigenvalue weighted by Crippen LogP contribution is 2.27. The summed E-state index contributed by atoms with van der Waals surface area (Å²) in [4.78, 5) is 1.37. The minimum atomic E-state index is 0.878. The van der Waals surface area contributed by atoms with Crippen molar-refractivity contribution < 1.29 is 0 Å². The maximum Gasteiger partial charge on any atom is 0.0636 e. The number of benzene rings is 1. The van der Waals surface area contributed by atoms with E-state index >= 15 is 0 Å². The van der Waals surface area contributed by atoms with Crippen LogP contribution in [0.3, 0.4) is 0 Å². The van der Waals surface area contributed by atoms with Crippen molar-refractivity contribution in [3.63, 3.8) is 0 Å². The molecule has 3 heteroatoms. The van der Waals surface area contributed by atoms with Gasteiger partial charge in [-0.25, -0.2) is 5.01 Å². The predicted molar refractivity (Wildman–Crippen MR) is 46.9 cm³/mol. The quantitative estimate of drug-likeness (QED) is 0.591. The Hall–Kier alpha value is -0.510. The second-order valence-corrected chi connectivity index (χ2v) is 3.61. The minimum Gasteiger partial charge on any atom is -0.268 e. The van der Waals surface area contributed by atoms with Crippen LogP contribution in [-0.2, 0) is 6.54 Å². The zero-order valence-corrected chi connectivity index (χ0v) is 6.97. The number of nitrogens with two attached hydrogens (primary N) is 1. The van der Waals surface area contributed by atoms with Crippen LogP contribution in [0.25, 0.3) is 0 Å². The zero-order valence-electron chi connectivity index (χ0n) is 6.16. The van der Waals surface area contributed by atoms with Gasteiger partial charge in [0, 0.05) is 11.4 Å². The van der Waals surface area contributed by atoms with E-state index in [4.69, 9.17) is 5.84 Å². The molecule has 58 valence electrons. The van der Waals surface area contributed by atoms with Crippen molar-refractivity contribution in [3.8, 4) is 0 Å². The van der Waals surface area contributed by atoms with Crippen LogP contribution in [0.1, 0.15) is 5.56 Å². The SMILES string of the molecule is NN1CSc2ccccc2C1. The first-order chi connectivity index (χ1) is 5.36. The average molecular weight is 166 g/mol. The van der Waals surface area contributed by atoms with Gasteiger partial charge < -0.3 is 0 Å². The average Bonchev–Trinajstić information content (AvgIpc) is 2.04. The number of hydrogen-bond acceptors (Lipinski definition) is 3. The lowest BCUT2D eigenvalue weighted by Gasteiger charge is -2.23. The number of fused-ring (bicyclic) bond motifs is 1. The molecular formula is C8H10N2S. The summed E-state index contributed by atoms with van der Waals surface area (Å²) < 4.78 is 0. The third-order valence-corrected chi connectivity index (χ3v) is 2.90. The van der Waals surface area contributed by atoms with E-state index in [0.29, 0.717) is 0 Å². The topological polar surface area (TPSA) is 29.3 Å². The van der Waals surface area contributed by atoms with Gasteiger partial charge >= 0.3 is 0 Å². The van der Waals surface area contributed by atoms with Crippen LogP contribution in [0.5, 0.6) is 0 Å². The molecule has 0 saturated heterocycles. The molecule has 0 fully saturated rings. The van der Waals surface area contributed by atoms with Gasteiger partial charge in [0.2, 0.25) is 0 Å². The van der Waals surface area contributed by atoms with Crippen LogP contribution >= 0.6 is 11.8 Å². The molecule has 1 aliphatic rings. The first-order valence-corrected chi connectivity index (χ1v) is 4.55. The molecule has 0 amide bonds. The third-order valence-electron chi connectivity index (χ3n) is 1.73. The molecule has 1 aromatic rings. The summed E-state index contributed by atoms with van der Waals surface area (Å²) in [5.41, 5.74) is 1.34. The van der Waals surface area contributed by atoms with E-state index in [1.165, 1.54) is 10.5 Å². The molecule has 0 saturated carbocycles. The van der Waals surface area contributed by atoms with E-state index in [1.807, 2.05) is 5.01 Å². The second kappa shape index (κ2) is 2.85. The van der Waals surface area contributed by atoms with Crippen LogP contribution in [0.2, 0.25) is 0 Å². The highest BCUT2D eigenvalue weighted by molar-refractivity contribution is 7.99. The summed E-state index contributed by atoms with van der Waals surface area (Å²) >= 11 is 1.80. The summed E-state index contributed by atoms with van der Waals surface area (Å²) in [7, 11) is 0. The number of hydrogen-bond donors (Lipinski definition) is 1. The first-order valence-electron chi connectivity index (χ1n) is 3.56. The minimum absolute atomic E-state index is 0.878. The van der Waals surface area contributed by atoms with Gasteiger partial charge in [0.1, 0.15) is 0 Å². The highest BCUT2D eigenvalue weighted by Gasteiger charge is 2.11. The van der Waals surface area contributed by atoms with Crippen molar-refractivity contribution in [2.75, 3.05) is 5.88 Å². The third kappa shape index (κ3) is 1.40. The Balaban J connectivity index is 2.34. The Bertz CT molecular complexity index is 262. The molecule has 0 unspecified atom stereocenters. The molecule has 1 aromatic carbocycles. The molecule has 1 heterocycles. The van der Waals surface area contributed by atoms with Gasteiger partial charge in [-0.15, -0.1) is 11.8 Å². The standard InChI is InChI=1S/C8H10N2S/c9-10-5-7-3-1-2-4-8(7)11-6-10/h1-4H,5-6,9H2. The molecule has 2 nitrogen and oxygen atoms in total. The van der Waals surface area contributed by atoms with Crippen molar-refractivity contribution in [1.29, 1.82) is 0 Å². The lowest BCUT2D eigenvalue weighted by molar-refractivity contribution is 0.318. The van der Waals surface area contributed by atoms with Crippen LogP contribution in [0, 0.1) is 0 Å². The van der Waals surface area contributed by atoms with E-state index in [2.05, 4.69) is 24.3 Å². The summed E-state index contributed by atoms with van der Waals surface area (Å²) in [6.45, 7) is 0.878. The summed E-state index contributed by atoms with van der Waals surface area (Å²) in [6.07, 6.45) is 0. The smallest absolute Gasteiger partial charge is 0.0636 e. The highest BCUT2D eigenvalue weighted by atomic mass is 32.2. The van der Waals surface area contributed by atoms with E-state index in [0.717, 1.165) is 12.4 Å². The Labute approximate surface area is 70.3 Å². The molecule has 0 aromatic heterocycles. The number of nitrogens with zero attached hydrogens (tertiary/aromatic N) is 1. The van der Waals surface area contributed by atoms with Crippen LogP contribution in [0.15, 0.2) is 29.2 Å². The molecule has 2 N–H and O–H groups in total. The van der Waals surface area contributed by atoms with Gasteiger partial charge in [0.15, 0.2) is 0 Å². The Morgan fingerprint density at radius 2 is 2.18 bits per heavy atom. The van der Waals surface area contributed by atoms with E-state index in [1.54, 1.807) is 11.8 Å². The molecule has 2 rings (SSSR count). The Morgan fingerprint density at radius 3 is 3.09 bits per heavy atom. The van der Waals surface area contributed by atoms with Gasteiger partial charge in [0.05, 0.1) is 5.88 Å². The largest absolute Gasteiger partial charge is 0.268 e. The lowest BCUT2D eigenvalue weighted by atomic mass is 10.2. The predicted octanol–water partition coefficient (Wildman–Crippen LogP) is 1.43. The second-order valence-electron chi connectivity index (χ2n) is 2.63. The fourth-order valence-corrected chi connectivity index (χ4v) is 2.08. The maximum absolute atomic E-state index is 5.66. The van der Waals surface area contributed by atoms with E-state index in [9.17, 15) is 0 Å². The fraction of sp³-hybridized carbons (Fsp3) is 0.250. The van der Waals surface area contributed by atoms with Crippen molar-refractivity contribution in [2.24, 2.45) is 5.84 Å². The van der Waals surface area contributed by atoms with E-state index < -0.39 is 0 Å². The summed E-state index contributed by atoms with van der Waals surface area (Å²) in [6, 6.07) is 8.39. The Kier molecular flexibility index (Phi) is 1.85. The van der Waals surface area contributed by atoms with Crippen LogP contribution in [0.4, 0.5) is 0 Å². The number of rotatable bonds is 0. The van der Waals surface area contributed by atoms with Crippen molar-refractivity contribution in [3.05, 3.63) is 29.8 Å². The van der Waals surface area contributed by atoms with Crippen molar-refractivity contribution in [1.82, 2.24) is 5.01 Å². The lowest BCUT2D eigenvalue weighted by Crippen LogP contribution is -2.32. The van der Waals surface area contributed by atoms with Crippen LogP contribution in [-0.4, -0.2) is 10.9 Å². The molecule has 1 aliphatic heterocycles. The van der Waals surface area contributed by atoms with Crippen LogP contribution < -0.4 is 5.84 Å². The fourth-order valence-electron chi connectivity index (χ4n) is 1.19. The van der Waals surface area contributed by atoms with Gasteiger partial charge in [-0.1, -0.05) is 18.2 Å². The van der Waals surface area contributed by atoms with Gasteiger partial charge in [-0.2, -0.15) is 0 Å². The number of hydrazine groups is 1. The van der Waals surface area contributed by atoms with Crippen molar-refractivity contribution >= 4 is 11.8 Å². The van der Waals surface area contributed by atoms with Gasteiger partial charge in [-0.05, 0) is 11.6 Å². The maximum atomic E-state index is 5.66. The first kappa shape index (κ1) is 7.16. The Morgan fingerprint density at radius 1 is 1.36 bits per heavy atom. The monoisotopic (exact) mass is 166 g/mol. The zero-order chi connectivity index (χ0) is 7.68. The molecule has 0 aliphatic carbocycles. The van der Waals surface area contributed by atoms with Gasteiger partial charge in [-0.3, -0.25) is 5.84 Å². The molecule has 0 atom stereocenters. The molecule has 0 spiro atoms. The molecule has 0 bridgehead atoms. The molecule has 11 heavy (non-hydrogen) atoms. The molecule has 0 radical (unpaired) electrons. The normalized spacial score (nSPS) is 17.9. The van der Waals surface area contributed by atoms with E-state index in [-0.39, 0.29) is 0 Å². The van der Waals surface area contributed by atoms with Gasteiger partial charge in [0.25, 0.3) is 0 Å². The van der Waals surface area contributed by atoms with Crippen molar-refractivity contribution in [2.45, 2.75) is 11.4 Å². The molecular weight excluding hydrogens is 156 g/mol. The summed E-state index contributed by atoms with van der Waals surface area (Å²) in [5, 5.41) is 1.83.